The Balaban J connectivity index is 1.17. The molecule has 236 valence electrons. The van der Waals surface area contributed by atoms with E-state index < -0.39 is 0 Å². The van der Waals surface area contributed by atoms with Crippen LogP contribution in [-0.4, -0.2) is 69.4 Å². The quantitative estimate of drug-likeness (QED) is 0.0993. The second kappa shape index (κ2) is 14.8. The van der Waals surface area contributed by atoms with Gasteiger partial charge in [0.05, 0.1) is 28.4 Å². The number of hydrogen-bond acceptors (Lipinski definition) is 9. The van der Waals surface area contributed by atoms with Crippen LogP contribution in [0.15, 0.2) is 65.8 Å². The Kier molecular flexibility index (Phi) is 10.6. The second-order valence-electron chi connectivity index (χ2n) is 10.6. The normalized spacial score (nSPS) is 12.4. The van der Waals surface area contributed by atoms with E-state index in [0.29, 0.717) is 58.4 Å². The molecule has 0 saturated carbocycles. The number of ether oxygens (including phenoxy) is 4. The van der Waals surface area contributed by atoms with Crippen LogP contribution in [0, 0.1) is 0 Å². The Morgan fingerprint density at radius 1 is 0.844 bits per heavy atom. The SMILES string of the molecule is COc1ccc(CCN(C)C(=O)c2ccc(CSc3nc(Cl)cc(N4CCc5cc(OC)c(OC)cc5C4)n3)cc2)cc1OC. The summed E-state index contributed by atoms with van der Waals surface area (Å²) in [7, 11) is 8.34. The number of likely N-dealkylation sites (N-methyl/N-ethyl adjacent to an activating group) is 1. The van der Waals surface area contributed by atoms with Crippen molar-refractivity contribution in [3.63, 3.8) is 0 Å². The fourth-order valence-corrected chi connectivity index (χ4v) is 6.27. The Hall–Kier alpha value is -4.15. The summed E-state index contributed by atoms with van der Waals surface area (Å²) in [6.45, 7) is 2.06. The summed E-state index contributed by atoms with van der Waals surface area (Å²) in [4.78, 5) is 26.3. The van der Waals surface area contributed by atoms with Crippen molar-refractivity contribution >= 4 is 35.1 Å². The summed E-state index contributed by atoms with van der Waals surface area (Å²) in [6.07, 6.45) is 1.56. The zero-order chi connectivity index (χ0) is 31.9. The molecule has 1 aliphatic rings. The Bertz CT molecular complexity index is 1650. The molecule has 45 heavy (non-hydrogen) atoms. The van der Waals surface area contributed by atoms with Gasteiger partial charge in [-0.1, -0.05) is 41.6 Å². The number of thioether (sulfide) groups is 1. The molecule has 0 fully saturated rings. The number of amides is 1. The summed E-state index contributed by atoms with van der Waals surface area (Å²) in [5.74, 6) is 4.21. The van der Waals surface area contributed by atoms with Crippen molar-refractivity contribution in [2.45, 2.75) is 30.3 Å². The molecule has 0 aliphatic carbocycles. The average Bonchev–Trinajstić information content (AvgIpc) is 3.08. The van der Waals surface area contributed by atoms with Crippen LogP contribution >= 0.6 is 23.4 Å². The number of fused-ring (bicyclic) bond motifs is 1. The third-order valence-electron chi connectivity index (χ3n) is 7.80. The summed E-state index contributed by atoms with van der Waals surface area (Å²) in [5, 5.41) is 1.00. The van der Waals surface area contributed by atoms with Gasteiger partial charge in [-0.05, 0) is 71.5 Å². The number of nitrogens with zero attached hydrogens (tertiary/aromatic N) is 4. The van der Waals surface area contributed by atoms with Crippen molar-refractivity contribution in [1.82, 2.24) is 14.9 Å². The number of carbonyl (C=O) groups is 1. The first-order valence-corrected chi connectivity index (χ1v) is 15.9. The van der Waals surface area contributed by atoms with E-state index in [1.807, 2.05) is 55.6 Å². The predicted molar refractivity (Wildman–Crippen MR) is 178 cm³/mol. The zero-order valence-corrected chi connectivity index (χ0v) is 27.7. The lowest BCUT2D eigenvalue weighted by Crippen LogP contribution is -2.31. The minimum absolute atomic E-state index is 0.0309. The molecule has 1 aromatic heterocycles. The van der Waals surface area contributed by atoms with E-state index in [9.17, 15) is 4.79 Å². The number of hydrogen-bond donors (Lipinski definition) is 0. The molecule has 2 heterocycles. The van der Waals surface area contributed by atoms with Crippen LogP contribution in [-0.2, 0) is 25.1 Å². The van der Waals surface area contributed by atoms with Gasteiger partial charge in [0.25, 0.3) is 5.91 Å². The standard InChI is InChI=1S/C34H37ClN4O5S/c1-38(14-12-22-8-11-27(41-2)28(16-22)42-3)33(40)24-9-6-23(7-10-24)21-45-34-36-31(35)19-32(37-34)39-15-13-25-17-29(43-4)30(44-5)18-26(25)20-39/h6-11,16-19H,12-15,20-21H2,1-5H3. The molecular weight excluding hydrogens is 612 g/mol. The third-order valence-corrected chi connectivity index (χ3v) is 8.91. The van der Waals surface area contributed by atoms with E-state index in [-0.39, 0.29) is 5.91 Å². The number of halogens is 1. The lowest BCUT2D eigenvalue weighted by molar-refractivity contribution is 0.0796. The molecule has 0 saturated heterocycles. The van der Waals surface area contributed by atoms with Crippen molar-refractivity contribution < 1.29 is 23.7 Å². The maximum Gasteiger partial charge on any atom is 0.253 e. The molecule has 0 radical (unpaired) electrons. The van der Waals surface area contributed by atoms with Gasteiger partial charge in [-0.3, -0.25) is 4.79 Å². The second-order valence-corrected chi connectivity index (χ2v) is 12.0. The predicted octanol–water partition coefficient (Wildman–Crippen LogP) is 6.33. The molecule has 5 rings (SSSR count). The highest BCUT2D eigenvalue weighted by Crippen LogP contribution is 2.35. The average molecular weight is 649 g/mol. The van der Waals surface area contributed by atoms with Crippen molar-refractivity contribution in [3.05, 3.63) is 93.6 Å². The van der Waals surface area contributed by atoms with Crippen LogP contribution in [0.4, 0.5) is 5.82 Å². The molecule has 1 aliphatic heterocycles. The van der Waals surface area contributed by atoms with Gasteiger partial charge < -0.3 is 28.7 Å². The van der Waals surface area contributed by atoms with Crippen LogP contribution < -0.4 is 23.8 Å². The molecule has 1 amide bonds. The molecule has 11 heteroatoms. The molecule has 0 unspecified atom stereocenters. The number of benzene rings is 3. The highest BCUT2D eigenvalue weighted by Gasteiger charge is 2.22. The van der Waals surface area contributed by atoms with E-state index >= 15 is 0 Å². The molecular formula is C34H37ClN4O5S. The molecule has 0 bridgehead atoms. The van der Waals surface area contributed by atoms with Gasteiger partial charge in [0.1, 0.15) is 11.0 Å². The van der Waals surface area contributed by atoms with Crippen LogP contribution in [0.2, 0.25) is 5.15 Å². The summed E-state index contributed by atoms with van der Waals surface area (Å²) in [5.41, 5.74) is 5.17. The molecule has 0 atom stereocenters. The van der Waals surface area contributed by atoms with Crippen molar-refractivity contribution in [2.24, 2.45) is 0 Å². The molecule has 0 spiro atoms. The summed E-state index contributed by atoms with van der Waals surface area (Å²) in [6, 6.07) is 19.4. The zero-order valence-electron chi connectivity index (χ0n) is 26.1. The van der Waals surface area contributed by atoms with E-state index in [1.165, 1.54) is 22.9 Å². The maximum absolute atomic E-state index is 13.1. The van der Waals surface area contributed by atoms with Crippen LogP contribution in [0.3, 0.4) is 0 Å². The first-order valence-electron chi connectivity index (χ1n) is 14.5. The molecule has 0 N–H and O–H groups in total. The lowest BCUT2D eigenvalue weighted by Gasteiger charge is -2.30. The first-order chi connectivity index (χ1) is 21.8. The number of aromatic nitrogens is 2. The molecule has 9 nitrogen and oxygen atoms in total. The summed E-state index contributed by atoms with van der Waals surface area (Å²) >= 11 is 7.95. The number of rotatable bonds is 12. The minimum Gasteiger partial charge on any atom is -0.493 e. The maximum atomic E-state index is 13.1. The summed E-state index contributed by atoms with van der Waals surface area (Å²) < 4.78 is 21.7. The van der Waals surface area contributed by atoms with Gasteiger partial charge in [0, 0.05) is 44.1 Å². The van der Waals surface area contributed by atoms with Gasteiger partial charge in [0.2, 0.25) is 0 Å². The first kappa shape index (κ1) is 32.2. The van der Waals surface area contributed by atoms with Crippen molar-refractivity contribution in [2.75, 3.05) is 53.5 Å². The lowest BCUT2D eigenvalue weighted by atomic mass is 9.99. The number of carbonyl (C=O) groups excluding carboxylic acids is 1. The van der Waals surface area contributed by atoms with Crippen molar-refractivity contribution in [3.8, 4) is 23.0 Å². The monoisotopic (exact) mass is 648 g/mol. The topological polar surface area (TPSA) is 86.3 Å². The van der Waals surface area contributed by atoms with Gasteiger partial charge in [-0.2, -0.15) is 0 Å². The largest absolute Gasteiger partial charge is 0.493 e. The van der Waals surface area contributed by atoms with E-state index in [2.05, 4.69) is 16.0 Å². The van der Waals surface area contributed by atoms with Crippen molar-refractivity contribution in [1.29, 1.82) is 0 Å². The highest BCUT2D eigenvalue weighted by atomic mass is 35.5. The van der Waals surface area contributed by atoms with Gasteiger partial charge in [0.15, 0.2) is 28.2 Å². The van der Waals surface area contributed by atoms with E-state index in [4.69, 9.17) is 35.5 Å². The van der Waals surface area contributed by atoms with Crippen LogP contribution in [0.25, 0.3) is 0 Å². The van der Waals surface area contributed by atoms with E-state index in [0.717, 1.165) is 35.7 Å². The number of anilines is 1. The van der Waals surface area contributed by atoms with Gasteiger partial charge >= 0.3 is 0 Å². The smallest absolute Gasteiger partial charge is 0.253 e. The fourth-order valence-electron chi connectivity index (χ4n) is 5.24. The Morgan fingerprint density at radius 2 is 1.49 bits per heavy atom. The Labute approximate surface area is 273 Å². The fraction of sp³-hybridized carbons (Fsp3) is 0.324. The van der Waals surface area contributed by atoms with E-state index in [1.54, 1.807) is 39.4 Å². The molecule has 3 aromatic carbocycles. The molecule has 4 aromatic rings. The van der Waals surface area contributed by atoms with Crippen LogP contribution in [0.1, 0.15) is 32.6 Å². The van der Waals surface area contributed by atoms with Gasteiger partial charge in [-0.25, -0.2) is 9.97 Å². The highest BCUT2D eigenvalue weighted by molar-refractivity contribution is 7.98. The Morgan fingerprint density at radius 3 is 2.18 bits per heavy atom. The minimum atomic E-state index is -0.0309. The van der Waals surface area contributed by atoms with Crippen LogP contribution in [0.5, 0.6) is 23.0 Å². The number of methoxy groups -OCH3 is 4. The third kappa shape index (κ3) is 7.75. The van der Waals surface area contributed by atoms with Gasteiger partial charge in [-0.15, -0.1) is 0 Å².